The second-order valence-electron chi connectivity index (χ2n) is 5.47. The predicted octanol–water partition coefficient (Wildman–Crippen LogP) is 5.09. The quantitative estimate of drug-likeness (QED) is 0.763. The highest BCUT2D eigenvalue weighted by molar-refractivity contribution is 6.35. The number of benzene rings is 1. The molecule has 1 aliphatic rings. The largest absolute Gasteiger partial charge is 0.314 e. The van der Waals surface area contributed by atoms with Crippen LogP contribution in [-0.2, 0) is 6.42 Å². The average Bonchev–Trinajstić information content (AvgIpc) is 2.60. The molecule has 1 aliphatic carbocycles. The van der Waals surface area contributed by atoms with Gasteiger partial charge in [-0.3, -0.25) is 0 Å². The van der Waals surface area contributed by atoms with E-state index >= 15 is 0 Å². The van der Waals surface area contributed by atoms with E-state index in [9.17, 15) is 0 Å². The molecule has 0 heterocycles. The first-order valence-corrected chi connectivity index (χ1v) is 8.14. The highest BCUT2D eigenvalue weighted by Gasteiger charge is 2.24. The van der Waals surface area contributed by atoms with Crippen LogP contribution in [0.5, 0.6) is 0 Å². The summed E-state index contributed by atoms with van der Waals surface area (Å²) in [5.74, 6) is 0.653. The highest BCUT2D eigenvalue weighted by atomic mass is 35.5. The Morgan fingerprint density at radius 2 is 1.79 bits per heavy atom. The topological polar surface area (TPSA) is 12.0 Å². The fourth-order valence-electron chi connectivity index (χ4n) is 3.15. The molecule has 3 heteroatoms. The Morgan fingerprint density at radius 3 is 2.47 bits per heavy atom. The van der Waals surface area contributed by atoms with Crippen LogP contribution in [0.25, 0.3) is 0 Å². The molecule has 0 aromatic heterocycles. The Balaban J connectivity index is 2.13. The molecule has 0 amide bonds. The van der Waals surface area contributed by atoms with Crippen molar-refractivity contribution in [2.24, 2.45) is 5.92 Å². The van der Waals surface area contributed by atoms with Crippen LogP contribution in [0, 0.1) is 5.92 Å². The van der Waals surface area contributed by atoms with Gasteiger partial charge in [0.1, 0.15) is 0 Å². The van der Waals surface area contributed by atoms with Crippen molar-refractivity contribution in [2.75, 3.05) is 6.54 Å². The van der Waals surface area contributed by atoms with Gasteiger partial charge in [-0.15, -0.1) is 0 Å². The number of nitrogens with one attached hydrogen (secondary N) is 1. The van der Waals surface area contributed by atoms with Crippen molar-refractivity contribution in [2.45, 2.75) is 51.5 Å². The monoisotopic (exact) mass is 299 g/mol. The van der Waals surface area contributed by atoms with Crippen LogP contribution in [-0.4, -0.2) is 12.6 Å². The van der Waals surface area contributed by atoms with Crippen LogP contribution >= 0.6 is 23.2 Å². The molecule has 19 heavy (non-hydrogen) atoms. The summed E-state index contributed by atoms with van der Waals surface area (Å²) in [6.07, 6.45) is 7.57. The lowest BCUT2D eigenvalue weighted by Crippen LogP contribution is -2.36. The van der Waals surface area contributed by atoms with E-state index in [2.05, 4.69) is 12.2 Å². The first-order valence-electron chi connectivity index (χ1n) is 7.38. The second kappa shape index (κ2) is 7.52. The van der Waals surface area contributed by atoms with Crippen LogP contribution in [0.1, 0.15) is 44.6 Å². The van der Waals surface area contributed by atoms with Gasteiger partial charge in [-0.05, 0) is 49.4 Å². The molecule has 1 nitrogen and oxygen atoms in total. The number of hydrogen-bond donors (Lipinski definition) is 1. The lowest BCUT2D eigenvalue weighted by molar-refractivity contribution is 0.337. The fraction of sp³-hybridized carbons (Fsp3) is 0.625. The molecule has 1 aromatic carbocycles. The number of rotatable bonds is 4. The molecular formula is C16H23Cl2N. The summed E-state index contributed by atoms with van der Waals surface area (Å²) in [6.45, 7) is 3.22. The van der Waals surface area contributed by atoms with Gasteiger partial charge in [-0.1, -0.05) is 55.5 Å². The van der Waals surface area contributed by atoms with Gasteiger partial charge in [0.15, 0.2) is 0 Å². The molecule has 0 aliphatic heterocycles. The molecule has 0 spiro atoms. The van der Waals surface area contributed by atoms with Gasteiger partial charge in [-0.2, -0.15) is 0 Å². The lowest BCUT2D eigenvalue weighted by Gasteiger charge is -2.26. The summed E-state index contributed by atoms with van der Waals surface area (Å²) in [5.41, 5.74) is 1.13. The van der Waals surface area contributed by atoms with Gasteiger partial charge in [-0.25, -0.2) is 0 Å². The Labute approximate surface area is 126 Å². The summed E-state index contributed by atoms with van der Waals surface area (Å²) in [6, 6.07) is 6.42. The zero-order valence-corrected chi connectivity index (χ0v) is 13.1. The highest BCUT2D eigenvalue weighted by Crippen LogP contribution is 2.32. The Bertz CT molecular complexity index is 385. The first-order chi connectivity index (χ1) is 9.22. The maximum atomic E-state index is 6.31. The minimum Gasteiger partial charge on any atom is -0.314 e. The molecule has 1 aromatic rings. The van der Waals surface area contributed by atoms with Crippen molar-refractivity contribution in [3.05, 3.63) is 33.8 Å². The normalized spacial score (nSPS) is 24.2. The van der Waals surface area contributed by atoms with Gasteiger partial charge in [0, 0.05) is 16.1 Å². The van der Waals surface area contributed by atoms with E-state index in [0.717, 1.165) is 28.6 Å². The third kappa shape index (κ3) is 4.11. The molecule has 2 atom stereocenters. The molecule has 1 fully saturated rings. The van der Waals surface area contributed by atoms with Crippen LogP contribution < -0.4 is 5.32 Å². The zero-order chi connectivity index (χ0) is 13.7. The summed E-state index contributed by atoms with van der Waals surface area (Å²) >= 11 is 12.6. The van der Waals surface area contributed by atoms with E-state index in [4.69, 9.17) is 23.2 Å². The molecule has 2 rings (SSSR count). The molecule has 0 bridgehead atoms. The summed E-state index contributed by atoms with van der Waals surface area (Å²) < 4.78 is 0. The lowest BCUT2D eigenvalue weighted by atomic mass is 9.88. The Kier molecular flexibility index (Phi) is 6.00. The Hall–Kier alpha value is -0.240. The first kappa shape index (κ1) is 15.2. The summed E-state index contributed by atoms with van der Waals surface area (Å²) in [5, 5.41) is 5.27. The number of halogens is 2. The maximum absolute atomic E-state index is 6.31. The van der Waals surface area contributed by atoms with Crippen LogP contribution in [0.2, 0.25) is 10.0 Å². The molecule has 2 unspecified atom stereocenters. The van der Waals surface area contributed by atoms with Gasteiger partial charge in [0.05, 0.1) is 0 Å². The third-order valence-corrected chi connectivity index (χ3v) is 4.86. The molecule has 1 saturated carbocycles. The van der Waals surface area contributed by atoms with Crippen molar-refractivity contribution in [1.29, 1.82) is 0 Å². The molecule has 0 radical (unpaired) electrons. The molecular weight excluding hydrogens is 277 g/mol. The SMILES string of the molecule is CCNC1CCCCCC1Cc1c(Cl)cccc1Cl. The third-order valence-electron chi connectivity index (χ3n) is 4.15. The second-order valence-corrected chi connectivity index (χ2v) is 6.28. The van der Waals surface area contributed by atoms with Gasteiger partial charge in [0.25, 0.3) is 0 Å². The zero-order valence-electron chi connectivity index (χ0n) is 11.6. The van der Waals surface area contributed by atoms with E-state index in [1.54, 1.807) is 0 Å². The van der Waals surface area contributed by atoms with Gasteiger partial charge >= 0.3 is 0 Å². The van der Waals surface area contributed by atoms with E-state index in [1.165, 1.54) is 32.1 Å². The molecule has 1 N–H and O–H groups in total. The van der Waals surface area contributed by atoms with Crippen molar-refractivity contribution in [3.8, 4) is 0 Å². The maximum Gasteiger partial charge on any atom is 0.0452 e. The standard InChI is InChI=1S/C16H23Cl2N/c1-2-19-16-10-5-3-4-7-12(16)11-13-14(17)8-6-9-15(13)18/h6,8-9,12,16,19H,2-5,7,10-11H2,1H3. The molecule has 106 valence electrons. The predicted molar refractivity (Wildman–Crippen MR) is 84.2 cm³/mol. The van der Waals surface area contributed by atoms with Gasteiger partial charge in [0.2, 0.25) is 0 Å². The van der Waals surface area contributed by atoms with E-state index in [1.807, 2.05) is 18.2 Å². The minimum atomic E-state index is 0.611. The van der Waals surface area contributed by atoms with E-state index in [0.29, 0.717) is 12.0 Å². The van der Waals surface area contributed by atoms with Crippen LogP contribution in [0.4, 0.5) is 0 Å². The summed E-state index contributed by atoms with van der Waals surface area (Å²) in [4.78, 5) is 0. The fourth-order valence-corrected chi connectivity index (χ4v) is 3.70. The van der Waals surface area contributed by atoms with E-state index in [-0.39, 0.29) is 0 Å². The average molecular weight is 300 g/mol. The van der Waals surface area contributed by atoms with Crippen molar-refractivity contribution < 1.29 is 0 Å². The van der Waals surface area contributed by atoms with Gasteiger partial charge < -0.3 is 5.32 Å². The minimum absolute atomic E-state index is 0.611. The number of hydrogen-bond acceptors (Lipinski definition) is 1. The van der Waals surface area contributed by atoms with Crippen molar-refractivity contribution in [1.82, 2.24) is 5.32 Å². The Morgan fingerprint density at radius 1 is 1.11 bits per heavy atom. The van der Waals surface area contributed by atoms with Crippen LogP contribution in [0.3, 0.4) is 0 Å². The smallest absolute Gasteiger partial charge is 0.0452 e. The van der Waals surface area contributed by atoms with E-state index < -0.39 is 0 Å². The van der Waals surface area contributed by atoms with Crippen molar-refractivity contribution in [3.63, 3.8) is 0 Å². The van der Waals surface area contributed by atoms with Crippen LogP contribution in [0.15, 0.2) is 18.2 Å². The van der Waals surface area contributed by atoms with Crippen molar-refractivity contribution >= 4 is 23.2 Å². The summed E-state index contributed by atoms with van der Waals surface area (Å²) in [7, 11) is 0. The molecule has 0 saturated heterocycles.